The molecule has 0 atom stereocenters. The van der Waals surface area contributed by atoms with Gasteiger partial charge in [-0.25, -0.2) is 0 Å². The molecule has 0 radical (unpaired) electrons. The number of rotatable bonds is 5. The number of Topliss-reactive ketones (excluding diaryl/α,β-unsaturated/α-hetero) is 1. The van der Waals surface area contributed by atoms with Crippen LogP contribution in [0.1, 0.15) is 10.6 Å². The molecule has 1 aromatic carbocycles. The normalized spacial score (nSPS) is 14.2. The van der Waals surface area contributed by atoms with Gasteiger partial charge >= 0.3 is 0 Å². The zero-order chi connectivity index (χ0) is 17.6. The van der Waals surface area contributed by atoms with E-state index in [4.69, 9.17) is 4.42 Å². The van der Waals surface area contributed by atoms with Crippen LogP contribution in [0.2, 0.25) is 0 Å². The second-order valence-electron chi connectivity index (χ2n) is 5.69. The molecule has 0 aliphatic carbocycles. The summed E-state index contributed by atoms with van der Waals surface area (Å²) in [5.41, 5.74) is 1.13. The minimum atomic E-state index is -0.841. The fourth-order valence-corrected chi connectivity index (χ4v) is 2.72. The molecule has 1 N–H and O–H groups in total. The van der Waals surface area contributed by atoms with Crippen molar-refractivity contribution in [1.29, 1.82) is 0 Å². The molecule has 3 rings (SSSR count). The number of ketones is 1. The smallest absolute Gasteiger partial charge is 0.296 e. The molecule has 0 unspecified atom stereocenters. The monoisotopic (exact) mass is 341 g/mol. The summed E-state index contributed by atoms with van der Waals surface area (Å²) < 4.78 is 4.88. The van der Waals surface area contributed by atoms with E-state index in [0.717, 1.165) is 18.8 Å². The van der Waals surface area contributed by atoms with E-state index in [1.54, 1.807) is 4.90 Å². The van der Waals surface area contributed by atoms with Gasteiger partial charge < -0.3 is 19.5 Å². The molecule has 1 saturated heterocycles. The minimum Gasteiger partial charge on any atom is -0.461 e. The highest BCUT2D eigenvalue weighted by Gasteiger charge is 2.23. The molecule has 1 fully saturated rings. The highest BCUT2D eigenvalue weighted by Crippen LogP contribution is 2.15. The average molecular weight is 341 g/mol. The number of carbonyl (C=O) groups is 3. The van der Waals surface area contributed by atoms with Crippen molar-refractivity contribution in [1.82, 2.24) is 10.2 Å². The summed E-state index contributed by atoms with van der Waals surface area (Å²) in [7, 11) is 0. The number of benzene rings is 1. The Morgan fingerprint density at radius 3 is 2.32 bits per heavy atom. The van der Waals surface area contributed by atoms with Crippen molar-refractivity contribution < 1.29 is 18.8 Å². The van der Waals surface area contributed by atoms with Gasteiger partial charge in [0, 0.05) is 31.9 Å². The summed E-state index contributed by atoms with van der Waals surface area (Å²) >= 11 is 0. The summed E-state index contributed by atoms with van der Waals surface area (Å²) in [6, 6.07) is 13.0. The quantitative estimate of drug-likeness (QED) is 0.646. The molecular weight excluding hydrogens is 322 g/mol. The van der Waals surface area contributed by atoms with Crippen LogP contribution in [0, 0.1) is 0 Å². The zero-order valence-electron chi connectivity index (χ0n) is 13.7. The molecule has 7 nitrogen and oxygen atoms in total. The second kappa shape index (κ2) is 7.65. The van der Waals surface area contributed by atoms with Gasteiger partial charge in [0.05, 0.1) is 12.8 Å². The van der Waals surface area contributed by atoms with Crippen molar-refractivity contribution in [3.8, 4) is 0 Å². The van der Waals surface area contributed by atoms with E-state index in [0.29, 0.717) is 13.1 Å². The van der Waals surface area contributed by atoms with Crippen LogP contribution in [-0.4, -0.2) is 55.2 Å². The van der Waals surface area contributed by atoms with E-state index in [2.05, 4.69) is 10.2 Å². The average Bonchev–Trinajstić information content (AvgIpc) is 3.21. The Kier molecular flexibility index (Phi) is 5.13. The number of amides is 2. The van der Waals surface area contributed by atoms with E-state index in [9.17, 15) is 14.4 Å². The molecule has 0 saturated carbocycles. The van der Waals surface area contributed by atoms with Crippen molar-refractivity contribution in [2.24, 2.45) is 0 Å². The molecule has 7 heteroatoms. The van der Waals surface area contributed by atoms with E-state index in [-0.39, 0.29) is 18.2 Å². The predicted molar refractivity (Wildman–Crippen MR) is 91.3 cm³/mol. The minimum absolute atomic E-state index is 0.0403. The molecule has 2 amide bonds. The van der Waals surface area contributed by atoms with Crippen molar-refractivity contribution >= 4 is 23.3 Å². The lowest BCUT2D eigenvalue weighted by atomic mass is 10.2. The van der Waals surface area contributed by atoms with E-state index < -0.39 is 11.7 Å². The number of nitrogens with one attached hydrogen (secondary N) is 1. The Labute approximate surface area is 145 Å². The van der Waals surface area contributed by atoms with Crippen LogP contribution >= 0.6 is 0 Å². The van der Waals surface area contributed by atoms with Crippen molar-refractivity contribution in [2.45, 2.75) is 0 Å². The lowest BCUT2D eigenvalue weighted by Crippen LogP contribution is -2.51. The Morgan fingerprint density at radius 1 is 0.960 bits per heavy atom. The van der Waals surface area contributed by atoms with E-state index in [1.807, 2.05) is 30.3 Å². The van der Waals surface area contributed by atoms with E-state index >= 15 is 0 Å². The van der Waals surface area contributed by atoms with Gasteiger partial charge in [0.1, 0.15) is 0 Å². The van der Waals surface area contributed by atoms with Gasteiger partial charge in [-0.3, -0.25) is 14.4 Å². The standard InChI is InChI=1S/C18H19N3O4/c22-16(13-19-18(24)17(23)15-7-4-12-25-15)21-10-8-20(9-11-21)14-5-2-1-3-6-14/h1-7,12H,8-11,13H2,(H,19,24). The molecule has 25 heavy (non-hydrogen) atoms. The Bertz CT molecular complexity index is 735. The van der Waals surface area contributed by atoms with Crippen LogP contribution in [0.4, 0.5) is 5.69 Å². The first-order valence-corrected chi connectivity index (χ1v) is 8.09. The largest absolute Gasteiger partial charge is 0.461 e. The summed E-state index contributed by atoms with van der Waals surface area (Å²) in [5.74, 6) is -1.87. The first kappa shape index (κ1) is 16.8. The molecule has 0 bridgehead atoms. The Hall–Kier alpha value is -3.09. The van der Waals surface area contributed by atoms with Crippen LogP contribution in [-0.2, 0) is 9.59 Å². The van der Waals surface area contributed by atoms with Gasteiger partial charge in [0.15, 0.2) is 5.76 Å². The number of anilines is 1. The van der Waals surface area contributed by atoms with Crippen LogP contribution in [0.3, 0.4) is 0 Å². The lowest BCUT2D eigenvalue weighted by Gasteiger charge is -2.36. The van der Waals surface area contributed by atoms with Crippen LogP contribution < -0.4 is 10.2 Å². The molecule has 1 aliphatic heterocycles. The van der Waals surface area contributed by atoms with Crippen LogP contribution in [0.5, 0.6) is 0 Å². The zero-order valence-corrected chi connectivity index (χ0v) is 13.7. The SMILES string of the molecule is O=C(NCC(=O)N1CCN(c2ccccc2)CC1)C(=O)c1ccco1. The Balaban J connectivity index is 1.45. The molecule has 0 spiro atoms. The summed E-state index contributed by atoms with van der Waals surface area (Å²) in [4.78, 5) is 39.6. The molecule has 1 aliphatic rings. The fourth-order valence-electron chi connectivity index (χ4n) is 2.72. The number of furan rings is 1. The van der Waals surface area contributed by atoms with Crippen molar-refractivity contribution in [2.75, 3.05) is 37.6 Å². The molecular formula is C18H19N3O4. The highest BCUT2D eigenvalue weighted by molar-refractivity contribution is 6.42. The maximum atomic E-state index is 12.2. The second-order valence-corrected chi connectivity index (χ2v) is 5.69. The van der Waals surface area contributed by atoms with Gasteiger partial charge in [0.2, 0.25) is 5.91 Å². The molecule has 1 aromatic heterocycles. The number of hydrogen-bond donors (Lipinski definition) is 1. The summed E-state index contributed by atoms with van der Waals surface area (Å²) in [6.45, 7) is 2.42. The number of nitrogens with zero attached hydrogens (tertiary/aromatic N) is 2. The number of para-hydroxylation sites is 1. The topological polar surface area (TPSA) is 82.9 Å². The third-order valence-electron chi connectivity index (χ3n) is 4.11. The highest BCUT2D eigenvalue weighted by atomic mass is 16.3. The maximum Gasteiger partial charge on any atom is 0.296 e. The Morgan fingerprint density at radius 2 is 1.68 bits per heavy atom. The molecule has 2 aromatic rings. The molecule has 130 valence electrons. The number of hydrogen-bond acceptors (Lipinski definition) is 5. The summed E-state index contributed by atoms with van der Waals surface area (Å²) in [6.07, 6.45) is 1.32. The van der Waals surface area contributed by atoms with Gasteiger partial charge in [0.25, 0.3) is 11.7 Å². The van der Waals surface area contributed by atoms with E-state index in [1.165, 1.54) is 18.4 Å². The third-order valence-corrected chi connectivity index (χ3v) is 4.11. The maximum absolute atomic E-state index is 12.2. The fraction of sp³-hybridized carbons (Fsp3) is 0.278. The van der Waals surface area contributed by atoms with Gasteiger partial charge in [-0.05, 0) is 24.3 Å². The number of piperazine rings is 1. The van der Waals surface area contributed by atoms with Crippen molar-refractivity contribution in [3.05, 3.63) is 54.5 Å². The van der Waals surface area contributed by atoms with Crippen LogP contribution in [0.25, 0.3) is 0 Å². The summed E-state index contributed by atoms with van der Waals surface area (Å²) in [5, 5.41) is 2.36. The first-order valence-electron chi connectivity index (χ1n) is 8.09. The van der Waals surface area contributed by atoms with Gasteiger partial charge in [-0.1, -0.05) is 18.2 Å². The lowest BCUT2D eigenvalue weighted by molar-refractivity contribution is -0.132. The van der Waals surface area contributed by atoms with Crippen molar-refractivity contribution in [3.63, 3.8) is 0 Å². The molecule has 2 heterocycles. The van der Waals surface area contributed by atoms with Gasteiger partial charge in [-0.15, -0.1) is 0 Å². The number of carbonyl (C=O) groups excluding carboxylic acids is 3. The third kappa shape index (κ3) is 4.06. The first-order chi connectivity index (χ1) is 12.1. The predicted octanol–water partition coefficient (Wildman–Crippen LogP) is 0.927. The van der Waals surface area contributed by atoms with Gasteiger partial charge in [-0.2, -0.15) is 0 Å². The van der Waals surface area contributed by atoms with Crippen LogP contribution in [0.15, 0.2) is 53.1 Å².